The number of hydrogen-bond donors (Lipinski definition) is 2. The number of aliphatic carboxylic acids is 1. The topological polar surface area (TPSA) is 66.0 Å². The second-order valence-corrected chi connectivity index (χ2v) is 4.62. The molecule has 0 saturated heterocycles. The standard InChI is InChI=1S/C11H8BrClN2O2/c12-10-8(5-9(16)17)14-11(15-10)6-1-3-7(13)4-2-6/h1-4H,5H2,(H,14,15)(H,16,17). The Bertz CT molecular complexity index is 551. The van der Waals surface area contributed by atoms with Gasteiger partial charge in [0, 0.05) is 10.6 Å². The van der Waals surface area contributed by atoms with Crippen molar-refractivity contribution in [2.45, 2.75) is 6.42 Å². The smallest absolute Gasteiger partial charge is 0.309 e. The Morgan fingerprint density at radius 1 is 1.41 bits per heavy atom. The predicted octanol–water partition coefficient (Wildman–Crippen LogP) is 3.12. The zero-order chi connectivity index (χ0) is 12.4. The summed E-state index contributed by atoms with van der Waals surface area (Å²) in [5, 5.41) is 9.37. The number of halogens is 2. The lowest BCUT2D eigenvalue weighted by atomic mass is 10.2. The molecule has 1 aromatic heterocycles. The lowest BCUT2D eigenvalue weighted by Crippen LogP contribution is -2.00. The zero-order valence-electron chi connectivity index (χ0n) is 8.58. The highest BCUT2D eigenvalue weighted by atomic mass is 79.9. The molecular weight excluding hydrogens is 307 g/mol. The van der Waals surface area contributed by atoms with Gasteiger partial charge in [0.1, 0.15) is 10.4 Å². The minimum atomic E-state index is -0.906. The number of aromatic nitrogens is 2. The average Bonchev–Trinajstić information content (AvgIpc) is 2.60. The predicted molar refractivity (Wildman–Crippen MR) is 68.1 cm³/mol. The number of carboxylic acid groups (broad SMARTS) is 1. The third-order valence-corrected chi connectivity index (χ3v) is 3.08. The number of rotatable bonds is 3. The lowest BCUT2D eigenvalue weighted by Gasteiger charge is -1.96. The van der Waals surface area contributed by atoms with Gasteiger partial charge in [-0.05, 0) is 40.2 Å². The maximum absolute atomic E-state index is 10.6. The van der Waals surface area contributed by atoms with E-state index in [0.29, 0.717) is 21.1 Å². The largest absolute Gasteiger partial charge is 0.481 e. The van der Waals surface area contributed by atoms with E-state index in [4.69, 9.17) is 16.7 Å². The van der Waals surface area contributed by atoms with Crippen molar-refractivity contribution in [1.82, 2.24) is 9.97 Å². The Labute approximate surface area is 111 Å². The highest BCUT2D eigenvalue weighted by Crippen LogP contribution is 2.23. The fraction of sp³-hybridized carbons (Fsp3) is 0.0909. The number of nitrogens with zero attached hydrogens (tertiary/aromatic N) is 1. The summed E-state index contributed by atoms with van der Waals surface area (Å²) in [6, 6.07) is 7.14. The molecule has 17 heavy (non-hydrogen) atoms. The molecule has 1 heterocycles. The third-order valence-electron chi connectivity index (χ3n) is 2.17. The number of aromatic amines is 1. The van der Waals surface area contributed by atoms with Crippen molar-refractivity contribution >= 4 is 33.5 Å². The number of imidazole rings is 1. The van der Waals surface area contributed by atoms with Crippen LogP contribution in [-0.4, -0.2) is 21.0 Å². The lowest BCUT2D eigenvalue weighted by molar-refractivity contribution is -0.136. The summed E-state index contributed by atoms with van der Waals surface area (Å²) in [5.41, 5.74) is 1.40. The maximum Gasteiger partial charge on any atom is 0.309 e. The Morgan fingerprint density at radius 2 is 2.06 bits per heavy atom. The van der Waals surface area contributed by atoms with Gasteiger partial charge < -0.3 is 10.1 Å². The molecule has 0 amide bonds. The molecule has 88 valence electrons. The highest BCUT2D eigenvalue weighted by molar-refractivity contribution is 9.10. The van der Waals surface area contributed by atoms with E-state index in [0.717, 1.165) is 5.56 Å². The van der Waals surface area contributed by atoms with Crippen molar-refractivity contribution in [3.05, 3.63) is 39.6 Å². The SMILES string of the molecule is O=C(O)Cc1[nH]c(-c2ccc(Cl)cc2)nc1Br. The molecule has 1 aromatic carbocycles. The van der Waals surface area contributed by atoms with E-state index < -0.39 is 5.97 Å². The first kappa shape index (κ1) is 12.1. The van der Waals surface area contributed by atoms with Crippen LogP contribution in [0.25, 0.3) is 11.4 Å². The Balaban J connectivity index is 2.34. The van der Waals surface area contributed by atoms with Crippen LogP contribution in [0, 0.1) is 0 Å². The van der Waals surface area contributed by atoms with Crippen LogP contribution in [0.3, 0.4) is 0 Å². The zero-order valence-corrected chi connectivity index (χ0v) is 10.9. The van der Waals surface area contributed by atoms with Crippen LogP contribution in [-0.2, 0) is 11.2 Å². The van der Waals surface area contributed by atoms with Crippen LogP contribution < -0.4 is 0 Å². The molecule has 0 radical (unpaired) electrons. The average molecular weight is 316 g/mol. The molecule has 2 aromatic rings. The van der Waals surface area contributed by atoms with Crippen molar-refractivity contribution in [2.75, 3.05) is 0 Å². The minimum absolute atomic E-state index is 0.0961. The fourth-order valence-corrected chi connectivity index (χ4v) is 1.94. The van der Waals surface area contributed by atoms with Crippen LogP contribution in [0.2, 0.25) is 5.02 Å². The summed E-state index contributed by atoms with van der Waals surface area (Å²) >= 11 is 9.01. The van der Waals surface area contributed by atoms with Gasteiger partial charge in [-0.3, -0.25) is 4.79 Å². The van der Waals surface area contributed by atoms with E-state index >= 15 is 0 Å². The van der Waals surface area contributed by atoms with Crippen LogP contribution >= 0.6 is 27.5 Å². The molecule has 4 nitrogen and oxygen atoms in total. The molecule has 0 unspecified atom stereocenters. The summed E-state index contributed by atoms with van der Waals surface area (Å²) in [4.78, 5) is 17.8. The van der Waals surface area contributed by atoms with Gasteiger partial charge in [-0.25, -0.2) is 4.98 Å². The van der Waals surface area contributed by atoms with Gasteiger partial charge >= 0.3 is 5.97 Å². The summed E-state index contributed by atoms with van der Waals surface area (Å²) in [7, 11) is 0. The summed E-state index contributed by atoms with van der Waals surface area (Å²) in [5.74, 6) is -0.290. The second kappa shape index (κ2) is 4.89. The fourth-order valence-electron chi connectivity index (χ4n) is 1.40. The third kappa shape index (κ3) is 2.87. The first-order valence-corrected chi connectivity index (χ1v) is 5.95. The summed E-state index contributed by atoms with van der Waals surface area (Å²) in [6.07, 6.45) is -0.0961. The molecule has 0 aliphatic heterocycles. The van der Waals surface area contributed by atoms with E-state index in [1.807, 2.05) is 12.1 Å². The number of hydrogen-bond acceptors (Lipinski definition) is 2. The van der Waals surface area contributed by atoms with Crippen LogP contribution in [0.1, 0.15) is 5.69 Å². The summed E-state index contributed by atoms with van der Waals surface area (Å²) in [6.45, 7) is 0. The van der Waals surface area contributed by atoms with E-state index in [-0.39, 0.29) is 6.42 Å². The van der Waals surface area contributed by atoms with Crippen molar-refractivity contribution in [3.8, 4) is 11.4 Å². The molecule has 0 aliphatic rings. The molecular formula is C11H8BrClN2O2. The first-order valence-electron chi connectivity index (χ1n) is 4.78. The Kier molecular flexibility index (Phi) is 3.49. The highest BCUT2D eigenvalue weighted by Gasteiger charge is 2.12. The normalized spacial score (nSPS) is 10.5. The van der Waals surface area contributed by atoms with Crippen molar-refractivity contribution < 1.29 is 9.90 Å². The first-order chi connectivity index (χ1) is 8.06. The number of nitrogens with one attached hydrogen (secondary N) is 1. The Morgan fingerprint density at radius 3 is 2.65 bits per heavy atom. The number of carbonyl (C=O) groups is 1. The summed E-state index contributed by atoms with van der Waals surface area (Å²) < 4.78 is 0.518. The molecule has 0 aliphatic carbocycles. The minimum Gasteiger partial charge on any atom is -0.481 e. The van der Waals surface area contributed by atoms with Gasteiger partial charge in [-0.1, -0.05) is 11.6 Å². The van der Waals surface area contributed by atoms with Crippen molar-refractivity contribution in [1.29, 1.82) is 0 Å². The van der Waals surface area contributed by atoms with Gasteiger partial charge in [-0.15, -0.1) is 0 Å². The second-order valence-electron chi connectivity index (χ2n) is 3.43. The van der Waals surface area contributed by atoms with Gasteiger partial charge in [0.25, 0.3) is 0 Å². The van der Waals surface area contributed by atoms with Crippen molar-refractivity contribution in [3.63, 3.8) is 0 Å². The number of carboxylic acids is 1. The van der Waals surface area contributed by atoms with Crippen molar-refractivity contribution in [2.24, 2.45) is 0 Å². The van der Waals surface area contributed by atoms with E-state index in [2.05, 4.69) is 25.9 Å². The molecule has 0 fully saturated rings. The van der Waals surface area contributed by atoms with Gasteiger partial charge in [0.15, 0.2) is 0 Å². The van der Waals surface area contributed by atoms with Crippen LogP contribution in [0.15, 0.2) is 28.9 Å². The molecule has 0 saturated carbocycles. The van der Waals surface area contributed by atoms with Gasteiger partial charge in [0.05, 0.1) is 12.1 Å². The Hall–Kier alpha value is -1.33. The van der Waals surface area contributed by atoms with E-state index in [9.17, 15) is 4.79 Å². The van der Waals surface area contributed by atoms with E-state index in [1.54, 1.807) is 12.1 Å². The molecule has 6 heteroatoms. The van der Waals surface area contributed by atoms with Gasteiger partial charge in [0.2, 0.25) is 0 Å². The van der Waals surface area contributed by atoms with Gasteiger partial charge in [-0.2, -0.15) is 0 Å². The quantitative estimate of drug-likeness (QED) is 0.914. The number of benzene rings is 1. The number of H-pyrrole nitrogens is 1. The van der Waals surface area contributed by atoms with Crippen LogP contribution in [0.4, 0.5) is 0 Å². The molecule has 0 bridgehead atoms. The monoisotopic (exact) mass is 314 g/mol. The molecule has 2 rings (SSSR count). The van der Waals surface area contributed by atoms with Crippen LogP contribution in [0.5, 0.6) is 0 Å². The molecule has 2 N–H and O–H groups in total. The maximum atomic E-state index is 10.6. The van der Waals surface area contributed by atoms with E-state index in [1.165, 1.54) is 0 Å². The molecule has 0 atom stereocenters. The molecule has 0 spiro atoms.